The standard InChI is InChI=1S/C11H23N3/c1-14-7-4-10(12)8-11(14)9-2-5-13-6-3-9/h9-11,13H,2-8,12H2,1H3. The Morgan fingerprint density at radius 1 is 1.21 bits per heavy atom. The van der Waals surface area contributed by atoms with Gasteiger partial charge in [-0.25, -0.2) is 0 Å². The Kier molecular flexibility index (Phi) is 3.42. The van der Waals surface area contributed by atoms with Gasteiger partial charge in [0.1, 0.15) is 0 Å². The SMILES string of the molecule is CN1CCC(N)CC1C1CCNCC1. The average Bonchev–Trinajstić information content (AvgIpc) is 2.23. The van der Waals surface area contributed by atoms with Gasteiger partial charge in [-0.1, -0.05) is 0 Å². The molecule has 0 aromatic rings. The van der Waals surface area contributed by atoms with Crippen LogP contribution in [0.5, 0.6) is 0 Å². The van der Waals surface area contributed by atoms with Gasteiger partial charge in [-0.15, -0.1) is 0 Å². The molecule has 3 heteroatoms. The maximum atomic E-state index is 6.05. The first-order chi connectivity index (χ1) is 6.77. The fourth-order valence-electron chi connectivity index (χ4n) is 2.92. The molecule has 0 bridgehead atoms. The summed E-state index contributed by atoms with van der Waals surface area (Å²) in [6.07, 6.45) is 5.06. The van der Waals surface area contributed by atoms with Crippen LogP contribution in [0.15, 0.2) is 0 Å². The number of piperidine rings is 2. The second-order valence-electron chi connectivity index (χ2n) is 4.92. The van der Waals surface area contributed by atoms with Crippen LogP contribution in [0.2, 0.25) is 0 Å². The Bertz CT molecular complexity index is 177. The monoisotopic (exact) mass is 197 g/mol. The number of hydrogen-bond donors (Lipinski definition) is 2. The van der Waals surface area contributed by atoms with Crippen molar-refractivity contribution in [1.82, 2.24) is 10.2 Å². The van der Waals surface area contributed by atoms with Crippen LogP contribution in [0.1, 0.15) is 25.7 Å². The summed E-state index contributed by atoms with van der Waals surface area (Å²) >= 11 is 0. The van der Waals surface area contributed by atoms with Gasteiger partial charge in [-0.3, -0.25) is 0 Å². The van der Waals surface area contributed by atoms with Gasteiger partial charge in [-0.2, -0.15) is 0 Å². The van der Waals surface area contributed by atoms with Gasteiger partial charge in [0, 0.05) is 12.1 Å². The van der Waals surface area contributed by atoms with Crippen molar-refractivity contribution in [3.05, 3.63) is 0 Å². The highest BCUT2D eigenvalue weighted by Crippen LogP contribution is 2.27. The summed E-state index contributed by atoms with van der Waals surface area (Å²) in [5.41, 5.74) is 6.05. The fourth-order valence-corrected chi connectivity index (χ4v) is 2.92. The minimum absolute atomic E-state index is 0.450. The molecule has 0 saturated carbocycles. The molecule has 2 atom stereocenters. The molecule has 82 valence electrons. The Labute approximate surface area is 87.0 Å². The molecule has 3 nitrogen and oxygen atoms in total. The third kappa shape index (κ3) is 2.27. The van der Waals surface area contributed by atoms with Gasteiger partial charge in [-0.05, 0) is 58.3 Å². The van der Waals surface area contributed by atoms with Crippen LogP contribution < -0.4 is 11.1 Å². The van der Waals surface area contributed by atoms with Gasteiger partial charge < -0.3 is 16.0 Å². The third-order valence-corrected chi connectivity index (χ3v) is 3.89. The molecule has 0 aromatic carbocycles. The summed E-state index contributed by atoms with van der Waals surface area (Å²) in [6.45, 7) is 3.59. The zero-order chi connectivity index (χ0) is 9.97. The summed E-state index contributed by atoms with van der Waals surface area (Å²) < 4.78 is 0. The van der Waals surface area contributed by atoms with Crippen LogP contribution in [-0.2, 0) is 0 Å². The number of rotatable bonds is 1. The Morgan fingerprint density at radius 3 is 2.64 bits per heavy atom. The molecule has 0 radical (unpaired) electrons. The zero-order valence-corrected chi connectivity index (χ0v) is 9.21. The van der Waals surface area contributed by atoms with E-state index in [9.17, 15) is 0 Å². The number of nitrogens with one attached hydrogen (secondary N) is 1. The van der Waals surface area contributed by atoms with E-state index in [4.69, 9.17) is 5.73 Å². The molecule has 0 spiro atoms. The maximum absolute atomic E-state index is 6.05. The van der Waals surface area contributed by atoms with Crippen molar-refractivity contribution in [2.45, 2.75) is 37.8 Å². The van der Waals surface area contributed by atoms with Crippen LogP contribution in [0.3, 0.4) is 0 Å². The third-order valence-electron chi connectivity index (χ3n) is 3.89. The van der Waals surface area contributed by atoms with Gasteiger partial charge >= 0.3 is 0 Å². The molecule has 2 heterocycles. The Balaban J connectivity index is 1.92. The van der Waals surface area contributed by atoms with E-state index in [0.29, 0.717) is 6.04 Å². The van der Waals surface area contributed by atoms with E-state index in [1.165, 1.54) is 45.3 Å². The van der Waals surface area contributed by atoms with E-state index in [0.717, 1.165) is 12.0 Å². The lowest BCUT2D eigenvalue weighted by Gasteiger charge is -2.42. The minimum Gasteiger partial charge on any atom is -0.328 e. The van der Waals surface area contributed by atoms with E-state index < -0.39 is 0 Å². The zero-order valence-electron chi connectivity index (χ0n) is 9.21. The predicted octanol–water partition coefficient (Wildman–Crippen LogP) is 0.408. The smallest absolute Gasteiger partial charge is 0.0136 e. The maximum Gasteiger partial charge on any atom is 0.0136 e. The summed E-state index contributed by atoms with van der Waals surface area (Å²) in [6, 6.07) is 1.20. The second-order valence-corrected chi connectivity index (χ2v) is 4.92. The molecular formula is C11H23N3. The van der Waals surface area contributed by atoms with E-state index in [1.54, 1.807) is 0 Å². The normalized spacial score (nSPS) is 37.3. The van der Waals surface area contributed by atoms with E-state index in [1.807, 2.05) is 0 Å². The van der Waals surface area contributed by atoms with E-state index >= 15 is 0 Å². The highest BCUT2D eigenvalue weighted by Gasteiger charge is 2.31. The Morgan fingerprint density at radius 2 is 1.93 bits per heavy atom. The summed E-state index contributed by atoms with van der Waals surface area (Å²) in [7, 11) is 2.26. The first-order valence-electron chi connectivity index (χ1n) is 5.94. The predicted molar refractivity (Wildman–Crippen MR) is 59.2 cm³/mol. The lowest BCUT2D eigenvalue weighted by molar-refractivity contribution is 0.100. The van der Waals surface area contributed by atoms with Crippen LogP contribution in [0.4, 0.5) is 0 Å². The van der Waals surface area contributed by atoms with Gasteiger partial charge in [0.25, 0.3) is 0 Å². The average molecular weight is 197 g/mol. The molecule has 2 unspecified atom stereocenters. The number of nitrogens with zero attached hydrogens (tertiary/aromatic N) is 1. The van der Waals surface area contributed by atoms with Crippen molar-refractivity contribution in [3.63, 3.8) is 0 Å². The Hall–Kier alpha value is -0.120. The molecule has 0 amide bonds. The first-order valence-corrected chi connectivity index (χ1v) is 5.94. The quantitative estimate of drug-likeness (QED) is 0.639. The van der Waals surface area contributed by atoms with Crippen LogP contribution in [0.25, 0.3) is 0 Å². The van der Waals surface area contributed by atoms with Crippen molar-refractivity contribution in [2.24, 2.45) is 11.7 Å². The van der Waals surface area contributed by atoms with Crippen molar-refractivity contribution >= 4 is 0 Å². The van der Waals surface area contributed by atoms with Crippen LogP contribution >= 0.6 is 0 Å². The summed E-state index contributed by atoms with van der Waals surface area (Å²) in [5.74, 6) is 0.882. The summed E-state index contributed by atoms with van der Waals surface area (Å²) in [5, 5.41) is 3.43. The van der Waals surface area contributed by atoms with Crippen molar-refractivity contribution in [3.8, 4) is 0 Å². The van der Waals surface area contributed by atoms with E-state index in [-0.39, 0.29) is 0 Å². The molecule has 2 rings (SSSR count). The number of nitrogens with two attached hydrogens (primary N) is 1. The topological polar surface area (TPSA) is 41.3 Å². The van der Waals surface area contributed by atoms with E-state index in [2.05, 4.69) is 17.3 Å². The highest BCUT2D eigenvalue weighted by atomic mass is 15.1. The van der Waals surface area contributed by atoms with Crippen LogP contribution in [0, 0.1) is 5.92 Å². The van der Waals surface area contributed by atoms with Crippen molar-refractivity contribution < 1.29 is 0 Å². The first kappa shape index (κ1) is 10.4. The molecule has 0 aromatic heterocycles. The van der Waals surface area contributed by atoms with Crippen molar-refractivity contribution in [1.29, 1.82) is 0 Å². The highest BCUT2D eigenvalue weighted by molar-refractivity contribution is 4.88. The lowest BCUT2D eigenvalue weighted by atomic mass is 9.83. The molecule has 3 N–H and O–H groups in total. The molecule has 2 aliphatic heterocycles. The molecule has 14 heavy (non-hydrogen) atoms. The second kappa shape index (κ2) is 4.60. The molecular weight excluding hydrogens is 174 g/mol. The lowest BCUT2D eigenvalue weighted by Crippen LogP contribution is -2.50. The largest absolute Gasteiger partial charge is 0.328 e. The molecule has 0 aliphatic carbocycles. The molecule has 2 saturated heterocycles. The molecule has 2 aliphatic rings. The number of likely N-dealkylation sites (tertiary alicyclic amines) is 1. The summed E-state index contributed by atoms with van der Waals surface area (Å²) in [4.78, 5) is 2.53. The minimum atomic E-state index is 0.450. The van der Waals surface area contributed by atoms with Gasteiger partial charge in [0.2, 0.25) is 0 Å². The number of hydrogen-bond acceptors (Lipinski definition) is 3. The van der Waals surface area contributed by atoms with Gasteiger partial charge in [0.15, 0.2) is 0 Å². The van der Waals surface area contributed by atoms with Crippen LogP contribution in [-0.4, -0.2) is 43.7 Å². The molecule has 2 fully saturated rings. The van der Waals surface area contributed by atoms with Gasteiger partial charge in [0.05, 0.1) is 0 Å². The fraction of sp³-hybridized carbons (Fsp3) is 1.00. The van der Waals surface area contributed by atoms with Crippen molar-refractivity contribution in [2.75, 3.05) is 26.7 Å².